The molecule has 24 heavy (non-hydrogen) atoms. The van der Waals surface area contributed by atoms with Crippen LogP contribution >= 0.6 is 24.0 Å². The van der Waals surface area contributed by atoms with Crippen LogP contribution < -0.4 is 16.0 Å². The van der Waals surface area contributed by atoms with Crippen molar-refractivity contribution < 1.29 is 14.3 Å². The van der Waals surface area contributed by atoms with E-state index in [0.29, 0.717) is 19.7 Å². The van der Waals surface area contributed by atoms with Gasteiger partial charge in [-0.25, -0.2) is 4.79 Å². The molecule has 0 aromatic heterocycles. The topological polar surface area (TPSA) is 84.0 Å². The fourth-order valence-electron chi connectivity index (χ4n) is 1.85. The van der Waals surface area contributed by atoms with Crippen molar-refractivity contribution in [3.63, 3.8) is 0 Å². The number of alkyl carbamates (subject to hydrolysis) is 1. The first-order chi connectivity index (χ1) is 10.8. The molecule has 0 radical (unpaired) electrons. The number of methoxy groups -OCH3 is 1. The summed E-state index contributed by atoms with van der Waals surface area (Å²) >= 11 is 0. The molecule has 0 saturated carbocycles. The van der Waals surface area contributed by atoms with Crippen LogP contribution in [-0.2, 0) is 9.47 Å². The van der Waals surface area contributed by atoms with Gasteiger partial charge in [-0.3, -0.25) is 4.99 Å². The molecule has 144 valence electrons. The monoisotopic (exact) mass is 458 g/mol. The van der Waals surface area contributed by atoms with E-state index < -0.39 is 11.7 Å². The number of guanidine groups is 1. The summed E-state index contributed by atoms with van der Waals surface area (Å²) in [6.07, 6.45) is 1.41. The van der Waals surface area contributed by atoms with Crippen molar-refractivity contribution in [1.82, 2.24) is 16.0 Å². The molecule has 0 spiro atoms. The van der Waals surface area contributed by atoms with E-state index in [1.54, 1.807) is 7.11 Å². The van der Waals surface area contributed by atoms with Crippen molar-refractivity contribution in [2.75, 3.05) is 33.4 Å². The Hall–Kier alpha value is -0.770. The van der Waals surface area contributed by atoms with Gasteiger partial charge in [0.2, 0.25) is 0 Å². The van der Waals surface area contributed by atoms with E-state index >= 15 is 0 Å². The molecule has 0 aliphatic carbocycles. The third kappa shape index (κ3) is 14.8. The van der Waals surface area contributed by atoms with Crippen LogP contribution in [0, 0.1) is 0 Å². The predicted molar refractivity (Wildman–Crippen MR) is 109 cm³/mol. The minimum atomic E-state index is -0.499. The molecular formula is C16H35IN4O3. The van der Waals surface area contributed by atoms with Gasteiger partial charge in [0, 0.05) is 20.2 Å². The van der Waals surface area contributed by atoms with Crippen molar-refractivity contribution in [2.24, 2.45) is 4.99 Å². The molecule has 1 unspecified atom stereocenters. The highest BCUT2D eigenvalue weighted by molar-refractivity contribution is 14.0. The average Bonchev–Trinajstić information content (AvgIpc) is 2.42. The van der Waals surface area contributed by atoms with Gasteiger partial charge in [-0.1, -0.05) is 13.3 Å². The van der Waals surface area contributed by atoms with Gasteiger partial charge in [0.1, 0.15) is 5.60 Å². The van der Waals surface area contributed by atoms with Crippen LogP contribution in [0.2, 0.25) is 0 Å². The third-order valence-electron chi connectivity index (χ3n) is 2.77. The van der Waals surface area contributed by atoms with Crippen LogP contribution in [0.1, 0.15) is 47.5 Å². The molecule has 3 N–H and O–H groups in total. The van der Waals surface area contributed by atoms with Crippen LogP contribution in [0.25, 0.3) is 0 Å². The molecule has 8 heteroatoms. The minimum absolute atomic E-state index is 0. The molecule has 1 amide bonds. The normalized spacial score (nSPS) is 12.8. The molecule has 0 heterocycles. The Morgan fingerprint density at radius 1 is 1.21 bits per heavy atom. The second-order valence-corrected chi connectivity index (χ2v) is 6.27. The summed E-state index contributed by atoms with van der Waals surface area (Å²) in [5, 5.41) is 9.24. The first-order valence-corrected chi connectivity index (χ1v) is 8.33. The Balaban J connectivity index is 0. The standard InChI is InChI=1S/C16H34N4O3.HI/c1-7-9-13(20-15(21)23-16(3,4)5)12-19-14(17-8-2)18-10-11-22-6;/h13H,7-12H2,1-6H3,(H,20,21)(H2,17,18,19);1H. The number of hydrogen-bond donors (Lipinski definition) is 3. The van der Waals surface area contributed by atoms with Crippen LogP contribution in [0.4, 0.5) is 4.79 Å². The van der Waals surface area contributed by atoms with Crippen LogP contribution in [0.15, 0.2) is 4.99 Å². The van der Waals surface area contributed by atoms with Gasteiger partial charge in [0.15, 0.2) is 5.96 Å². The molecule has 0 fully saturated rings. The maximum Gasteiger partial charge on any atom is 0.407 e. The van der Waals surface area contributed by atoms with Crippen LogP contribution in [-0.4, -0.2) is 57.0 Å². The summed E-state index contributed by atoms with van der Waals surface area (Å²) in [5.74, 6) is 0.719. The van der Waals surface area contributed by atoms with E-state index in [2.05, 4.69) is 27.9 Å². The van der Waals surface area contributed by atoms with Crippen molar-refractivity contribution >= 4 is 36.0 Å². The maximum atomic E-state index is 11.9. The van der Waals surface area contributed by atoms with E-state index in [4.69, 9.17) is 9.47 Å². The molecular weight excluding hydrogens is 423 g/mol. The van der Waals surface area contributed by atoms with E-state index in [9.17, 15) is 4.79 Å². The lowest BCUT2D eigenvalue weighted by atomic mass is 10.1. The van der Waals surface area contributed by atoms with Gasteiger partial charge in [-0.15, -0.1) is 24.0 Å². The van der Waals surface area contributed by atoms with E-state index in [1.165, 1.54) is 0 Å². The Bertz CT molecular complexity index is 360. The lowest BCUT2D eigenvalue weighted by molar-refractivity contribution is 0.0503. The van der Waals surface area contributed by atoms with E-state index in [0.717, 1.165) is 25.3 Å². The molecule has 0 rings (SSSR count). The largest absolute Gasteiger partial charge is 0.444 e. The number of hydrogen-bond acceptors (Lipinski definition) is 4. The number of amides is 1. The number of nitrogens with zero attached hydrogens (tertiary/aromatic N) is 1. The van der Waals surface area contributed by atoms with Crippen molar-refractivity contribution in [2.45, 2.75) is 59.1 Å². The zero-order valence-corrected chi connectivity index (χ0v) is 18.2. The number of aliphatic imine (C=N–C) groups is 1. The summed E-state index contributed by atoms with van der Waals surface area (Å²) < 4.78 is 10.3. The molecule has 0 aromatic carbocycles. The van der Waals surface area contributed by atoms with Crippen LogP contribution in [0.5, 0.6) is 0 Å². The maximum absolute atomic E-state index is 11.9. The molecule has 0 aliphatic heterocycles. The highest BCUT2D eigenvalue weighted by Crippen LogP contribution is 2.07. The average molecular weight is 458 g/mol. The number of nitrogens with one attached hydrogen (secondary N) is 3. The third-order valence-corrected chi connectivity index (χ3v) is 2.77. The molecule has 1 atom stereocenters. The molecule has 7 nitrogen and oxygen atoms in total. The Morgan fingerprint density at radius 2 is 1.88 bits per heavy atom. The lowest BCUT2D eigenvalue weighted by Crippen LogP contribution is -2.43. The Labute approximate surface area is 163 Å². The summed E-state index contributed by atoms with van der Waals surface area (Å²) in [6, 6.07) is -0.0484. The summed E-state index contributed by atoms with van der Waals surface area (Å²) in [7, 11) is 1.66. The van der Waals surface area contributed by atoms with E-state index in [1.807, 2.05) is 27.7 Å². The second kappa shape index (κ2) is 14.6. The highest BCUT2D eigenvalue weighted by Gasteiger charge is 2.19. The zero-order valence-electron chi connectivity index (χ0n) is 15.9. The molecule has 0 aliphatic rings. The van der Waals surface area contributed by atoms with Gasteiger partial charge in [0.05, 0.1) is 19.2 Å². The predicted octanol–water partition coefficient (Wildman–Crippen LogP) is 2.50. The van der Waals surface area contributed by atoms with Crippen molar-refractivity contribution in [1.29, 1.82) is 0 Å². The summed E-state index contributed by atoms with van der Waals surface area (Å²) in [6.45, 7) is 12.2. The Morgan fingerprint density at radius 3 is 2.38 bits per heavy atom. The van der Waals surface area contributed by atoms with Crippen molar-refractivity contribution in [3.8, 4) is 0 Å². The number of rotatable bonds is 9. The van der Waals surface area contributed by atoms with Gasteiger partial charge < -0.3 is 25.4 Å². The van der Waals surface area contributed by atoms with Crippen molar-refractivity contribution in [3.05, 3.63) is 0 Å². The molecule has 0 aromatic rings. The summed E-state index contributed by atoms with van der Waals surface area (Å²) in [4.78, 5) is 16.4. The number of ether oxygens (including phenoxy) is 2. The zero-order chi connectivity index (χ0) is 17.7. The SMILES string of the molecule is CCCC(CN=C(NCC)NCCOC)NC(=O)OC(C)(C)C.I. The first-order valence-electron chi connectivity index (χ1n) is 8.33. The minimum Gasteiger partial charge on any atom is -0.444 e. The smallest absolute Gasteiger partial charge is 0.407 e. The number of carbonyl (C=O) groups excluding carboxylic acids is 1. The first kappa shape index (κ1) is 25.5. The van der Waals surface area contributed by atoms with Gasteiger partial charge in [-0.05, 0) is 34.1 Å². The quantitative estimate of drug-likeness (QED) is 0.214. The van der Waals surface area contributed by atoms with E-state index in [-0.39, 0.29) is 30.0 Å². The van der Waals surface area contributed by atoms with Gasteiger partial charge in [0.25, 0.3) is 0 Å². The highest BCUT2D eigenvalue weighted by atomic mass is 127. The molecule has 0 saturated heterocycles. The lowest BCUT2D eigenvalue weighted by Gasteiger charge is -2.23. The fourth-order valence-corrected chi connectivity index (χ4v) is 1.85. The molecule has 0 bridgehead atoms. The van der Waals surface area contributed by atoms with Gasteiger partial charge in [-0.2, -0.15) is 0 Å². The number of carbonyl (C=O) groups is 1. The Kier molecular flexibility index (Phi) is 15.5. The van der Waals surface area contributed by atoms with Crippen LogP contribution in [0.3, 0.4) is 0 Å². The second-order valence-electron chi connectivity index (χ2n) is 6.27. The summed E-state index contributed by atoms with van der Waals surface area (Å²) in [5.41, 5.74) is -0.499. The fraction of sp³-hybridized carbons (Fsp3) is 0.875. The van der Waals surface area contributed by atoms with Gasteiger partial charge >= 0.3 is 6.09 Å². The number of halogens is 1.